The largest absolute Gasteiger partial charge is 0.361 e. The summed E-state index contributed by atoms with van der Waals surface area (Å²) in [5, 5.41) is 4.18. The van der Waals surface area contributed by atoms with Crippen LogP contribution < -0.4 is 5.32 Å². The van der Waals surface area contributed by atoms with Gasteiger partial charge >= 0.3 is 0 Å². The Bertz CT molecular complexity index is 711. The van der Waals surface area contributed by atoms with Gasteiger partial charge < -0.3 is 10.2 Å². The van der Waals surface area contributed by atoms with Crippen molar-refractivity contribution in [3.8, 4) is 0 Å². The number of benzene rings is 2. The third-order valence-electron chi connectivity index (χ3n) is 4.07. The molecule has 2 aromatic carbocycles. The summed E-state index contributed by atoms with van der Waals surface area (Å²) in [5.41, 5.74) is 2.67. The Balaban J connectivity index is 1.80. The van der Waals surface area contributed by atoms with Gasteiger partial charge in [0.15, 0.2) is 0 Å². The highest BCUT2D eigenvalue weighted by atomic mass is 35.5. The van der Waals surface area contributed by atoms with Gasteiger partial charge in [-0.05, 0) is 42.7 Å². The van der Waals surface area contributed by atoms with Crippen LogP contribution in [0.3, 0.4) is 0 Å². The molecule has 2 aliphatic rings. The number of nitrogens with one attached hydrogen (secondary N) is 1. The Morgan fingerprint density at radius 2 is 1.90 bits per heavy atom. The second kappa shape index (κ2) is 4.78. The van der Waals surface area contributed by atoms with Crippen molar-refractivity contribution in [2.75, 3.05) is 5.32 Å². The monoisotopic (exact) mass is 298 g/mol. The van der Waals surface area contributed by atoms with E-state index in [1.54, 1.807) is 0 Å². The first kappa shape index (κ1) is 12.7. The number of carbonyl (C=O) groups excluding carboxylic acids is 1. The van der Waals surface area contributed by atoms with E-state index in [-0.39, 0.29) is 12.1 Å². The molecular formula is C17H15ClN2O. The summed E-state index contributed by atoms with van der Waals surface area (Å²) < 4.78 is 0. The highest BCUT2D eigenvalue weighted by molar-refractivity contribution is 6.30. The van der Waals surface area contributed by atoms with Crippen LogP contribution in [0.25, 0.3) is 0 Å². The van der Waals surface area contributed by atoms with Gasteiger partial charge in [0.25, 0.3) is 5.91 Å². The van der Waals surface area contributed by atoms with Gasteiger partial charge in [0, 0.05) is 16.8 Å². The van der Waals surface area contributed by atoms with E-state index < -0.39 is 0 Å². The maximum Gasteiger partial charge on any atom is 0.258 e. The minimum atomic E-state index is -0.140. The summed E-state index contributed by atoms with van der Waals surface area (Å²) in [4.78, 5) is 14.8. The van der Waals surface area contributed by atoms with E-state index in [1.165, 1.54) is 0 Å². The number of amides is 1. The summed E-state index contributed by atoms with van der Waals surface area (Å²) in [5.74, 6) is 0.108. The highest BCUT2D eigenvalue weighted by Gasteiger charge is 2.41. The first-order valence-corrected chi connectivity index (χ1v) is 7.55. The average Bonchev–Trinajstić information content (AvgIpc) is 3.32. The minimum Gasteiger partial charge on any atom is -0.361 e. The number of carbonyl (C=O) groups is 1. The second-order valence-corrected chi connectivity index (χ2v) is 6.03. The molecule has 1 amide bonds. The van der Waals surface area contributed by atoms with Crippen LogP contribution in [0, 0.1) is 0 Å². The van der Waals surface area contributed by atoms with Crippen LogP contribution in [0.1, 0.15) is 34.9 Å². The Hall–Kier alpha value is -2.00. The third kappa shape index (κ3) is 2.18. The molecule has 4 rings (SSSR count). The van der Waals surface area contributed by atoms with E-state index in [4.69, 9.17) is 11.6 Å². The van der Waals surface area contributed by atoms with Gasteiger partial charge in [0.2, 0.25) is 0 Å². The lowest BCUT2D eigenvalue weighted by atomic mass is 10.0. The molecule has 2 aromatic rings. The van der Waals surface area contributed by atoms with Crippen LogP contribution in [0.5, 0.6) is 0 Å². The van der Waals surface area contributed by atoms with E-state index in [0.29, 0.717) is 11.1 Å². The molecule has 0 radical (unpaired) electrons. The quantitative estimate of drug-likeness (QED) is 0.906. The van der Waals surface area contributed by atoms with E-state index in [2.05, 4.69) is 5.32 Å². The van der Waals surface area contributed by atoms with Crippen LogP contribution in [-0.4, -0.2) is 16.8 Å². The summed E-state index contributed by atoms with van der Waals surface area (Å²) in [6.07, 6.45) is 2.01. The molecule has 1 N–H and O–H groups in total. The molecule has 1 aliphatic heterocycles. The fourth-order valence-electron chi connectivity index (χ4n) is 2.92. The van der Waals surface area contributed by atoms with E-state index in [1.807, 2.05) is 53.4 Å². The number of halogens is 1. The zero-order valence-corrected chi connectivity index (χ0v) is 12.2. The number of para-hydroxylation sites is 1. The minimum absolute atomic E-state index is 0.108. The number of nitrogens with zero attached hydrogens (tertiary/aromatic N) is 1. The summed E-state index contributed by atoms with van der Waals surface area (Å²) in [6.45, 7) is 0. The standard InChI is InChI=1S/C17H15ClN2O/c18-12-5-3-4-11(10-12)16-19-15-7-2-1-6-14(15)17(21)20(16)13-8-9-13/h1-7,10,13,16,19H,8-9H2. The Kier molecular flexibility index (Phi) is 2.89. The molecule has 3 nitrogen and oxygen atoms in total. The lowest BCUT2D eigenvalue weighted by Gasteiger charge is -2.38. The molecular weight excluding hydrogens is 284 g/mol. The number of anilines is 1. The van der Waals surface area contributed by atoms with Crippen LogP contribution in [0.15, 0.2) is 48.5 Å². The molecule has 4 heteroatoms. The van der Waals surface area contributed by atoms with E-state index >= 15 is 0 Å². The van der Waals surface area contributed by atoms with Gasteiger partial charge in [-0.15, -0.1) is 0 Å². The molecule has 1 saturated carbocycles. The van der Waals surface area contributed by atoms with Crippen LogP contribution >= 0.6 is 11.6 Å². The van der Waals surface area contributed by atoms with Gasteiger partial charge in [-0.1, -0.05) is 35.9 Å². The molecule has 1 fully saturated rings. The van der Waals surface area contributed by atoms with Crippen LogP contribution in [0.2, 0.25) is 5.02 Å². The normalized spacial score (nSPS) is 20.9. The lowest BCUT2D eigenvalue weighted by Crippen LogP contribution is -2.44. The molecule has 1 atom stereocenters. The number of fused-ring (bicyclic) bond motifs is 1. The lowest BCUT2D eigenvalue weighted by molar-refractivity contribution is 0.0666. The van der Waals surface area contributed by atoms with Crippen molar-refractivity contribution in [1.82, 2.24) is 4.90 Å². The van der Waals surface area contributed by atoms with Crippen molar-refractivity contribution in [1.29, 1.82) is 0 Å². The Labute approximate surface area is 128 Å². The Morgan fingerprint density at radius 3 is 2.67 bits per heavy atom. The smallest absolute Gasteiger partial charge is 0.258 e. The number of rotatable bonds is 2. The van der Waals surface area contributed by atoms with Crippen LogP contribution in [0.4, 0.5) is 5.69 Å². The van der Waals surface area contributed by atoms with Crippen molar-refractivity contribution >= 4 is 23.2 Å². The fourth-order valence-corrected chi connectivity index (χ4v) is 3.12. The predicted octanol–water partition coefficient (Wildman–Crippen LogP) is 4.07. The molecule has 1 unspecified atom stereocenters. The van der Waals surface area contributed by atoms with Gasteiger partial charge in [-0.3, -0.25) is 4.79 Å². The van der Waals surface area contributed by atoms with Crippen molar-refractivity contribution in [2.24, 2.45) is 0 Å². The first-order chi connectivity index (χ1) is 10.2. The first-order valence-electron chi connectivity index (χ1n) is 7.18. The zero-order chi connectivity index (χ0) is 14.4. The highest BCUT2D eigenvalue weighted by Crippen LogP contribution is 2.40. The van der Waals surface area contributed by atoms with Gasteiger partial charge in [-0.2, -0.15) is 0 Å². The van der Waals surface area contributed by atoms with Gasteiger partial charge in [-0.25, -0.2) is 0 Å². The third-order valence-corrected chi connectivity index (χ3v) is 4.30. The fraction of sp³-hybridized carbons (Fsp3) is 0.235. The van der Waals surface area contributed by atoms with Crippen molar-refractivity contribution in [2.45, 2.75) is 25.0 Å². The second-order valence-electron chi connectivity index (χ2n) is 5.59. The summed E-state index contributed by atoms with van der Waals surface area (Å²) >= 11 is 6.11. The maximum absolute atomic E-state index is 12.8. The van der Waals surface area contributed by atoms with Crippen molar-refractivity contribution < 1.29 is 4.79 Å². The summed E-state index contributed by atoms with van der Waals surface area (Å²) in [7, 11) is 0. The molecule has 1 aliphatic carbocycles. The molecule has 0 aromatic heterocycles. The molecule has 0 saturated heterocycles. The number of hydrogen-bond donors (Lipinski definition) is 1. The molecule has 21 heavy (non-hydrogen) atoms. The molecule has 0 bridgehead atoms. The predicted molar refractivity (Wildman–Crippen MR) is 83.4 cm³/mol. The molecule has 1 heterocycles. The summed E-state index contributed by atoms with van der Waals surface area (Å²) in [6, 6.07) is 15.7. The zero-order valence-electron chi connectivity index (χ0n) is 11.4. The topological polar surface area (TPSA) is 32.3 Å². The average molecular weight is 299 g/mol. The van der Waals surface area contributed by atoms with Gasteiger partial charge in [0.1, 0.15) is 6.17 Å². The Morgan fingerprint density at radius 1 is 1.10 bits per heavy atom. The maximum atomic E-state index is 12.8. The molecule has 0 spiro atoms. The number of hydrogen-bond acceptors (Lipinski definition) is 2. The SMILES string of the molecule is O=C1c2ccccc2NC(c2cccc(Cl)c2)N1C1CC1. The molecule has 106 valence electrons. The van der Waals surface area contributed by atoms with Crippen molar-refractivity contribution in [3.05, 3.63) is 64.7 Å². The van der Waals surface area contributed by atoms with E-state index in [9.17, 15) is 4.79 Å². The van der Waals surface area contributed by atoms with Gasteiger partial charge in [0.05, 0.1) is 5.56 Å². The van der Waals surface area contributed by atoms with Crippen molar-refractivity contribution in [3.63, 3.8) is 0 Å². The van der Waals surface area contributed by atoms with E-state index in [0.717, 1.165) is 29.7 Å². The van der Waals surface area contributed by atoms with Crippen LogP contribution in [-0.2, 0) is 0 Å².